The Hall–Kier alpha value is -1.20. The van der Waals surface area contributed by atoms with Gasteiger partial charge in [0.2, 0.25) is 0 Å². The Morgan fingerprint density at radius 3 is 2.85 bits per heavy atom. The van der Waals surface area contributed by atoms with E-state index in [2.05, 4.69) is 9.38 Å². The number of aryl methyl sites for hydroxylation is 1. The summed E-state index contributed by atoms with van der Waals surface area (Å²) in [5, 5.41) is 0.759. The molecule has 0 saturated heterocycles. The zero-order valence-corrected chi connectivity index (χ0v) is 13.3. The van der Waals surface area contributed by atoms with Crippen LogP contribution in [0.5, 0.6) is 0 Å². The SMILES string of the molecule is CC(C)(C)S(=O)N=C1CCc2c(Cl)ccn3cnc1c23. The maximum atomic E-state index is 12.2. The lowest BCUT2D eigenvalue weighted by Gasteiger charge is -2.18. The summed E-state index contributed by atoms with van der Waals surface area (Å²) in [4.78, 5) is 4.42. The zero-order chi connectivity index (χ0) is 14.5. The van der Waals surface area contributed by atoms with Crippen molar-refractivity contribution in [2.75, 3.05) is 0 Å². The van der Waals surface area contributed by atoms with Crippen LogP contribution < -0.4 is 0 Å². The Labute approximate surface area is 125 Å². The minimum atomic E-state index is -1.27. The maximum Gasteiger partial charge on any atom is 0.145 e. The third kappa shape index (κ3) is 2.19. The molecule has 0 bridgehead atoms. The summed E-state index contributed by atoms with van der Waals surface area (Å²) in [5.41, 5.74) is 3.72. The van der Waals surface area contributed by atoms with Gasteiger partial charge in [-0.05, 0) is 45.2 Å². The van der Waals surface area contributed by atoms with Crippen molar-refractivity contribution < 1.29 is 4.21 Å². The van der Waals surface area contributed by atoms with E-state index in [1.54, 1.807) is 6.33 Å². The van der Waals surface area contributed by atoms with E-state index >= 15 is 0 Å². The van der Waals surface area contributed by atoms with Crippen LogP contribution in [0.1, 0.15) is 38.4 Å². The summed E-state index contributed by atoms with van der Waals surface area (Å²) in [7, 11) is -1.27. The van der Waals surface area contributed by atoms with Crippen LogP contribution in [0.15, 0.2) is 23.0 Å². The Morgan fingerprint density at radius 2 is 2.15 bits per heavy atom. The van der Waals surface area contributed by atoms with E-state index in [0.717, 1.165) is 40.4 Å². The summed E-state index contributed by atoms with van der Waals surface area (Å²) in [6.45, 7) is 5.76. The molecule has 6 heteroatoms. The van der Waals surface area contributed by atoms with Crippen molar-refractivity contribution in [3.63, 3.8) is 0 Å². The van der Waals surface area contributed by atoms with Gasteiger partial charge in [-0.15, -0.1) is 0 Å². The highest BCUT2D eigenvalue weighted by Crippen LogP contribution is 2.30. The predicted molar refractivity (Wildman–Crippen MR) is 83.0 cm³/mol. The summed E-state index contributed by atoms with van der Waals surface area (Å²) in [6, 6.07) is 1.88. The average Bonchev–Trinajstić information content (AvgIpc) is 2.80. The number of hydrogen-bond donors (Lipinski definition) is 0. The first-order valence-corrected chi connectivity index (χ1v) is 8.00. The van der Waals surface area contributed by atoms with Crippen molar-refractivity contribution in [1.82, 2.24) is 9.38 Å². The number of pyridine rings is 1. The van der Waals surface area contributed by atoms with Gasteiger partial charge in [0.15, 0.2) is 0 Å². The number of hydrogen-bond acceptors (Lipinski definition) is 2. The number of halogens is 1. The van der Waals surface area contributed by atoms with E-state index in [9.17, 15) is 4.21 Å². The summed E-state index contributed by atoms with van der Waals surface area (Å²) in [5.74, 6) is 0. The van der Waals surface area contributed by atoms with E-state index in [1.165, 1.54) is 0 Å². The number of nitrogens with zero attached hydrogens (tertiary/aromatic N) is 3. The first kappa shape index (κ1) is 13.8. The van der Waals surface area contributed by atoms with Gasteiger partial charge in [-0.2, -0.15) is 4.40 Å². The molecule has 2 aromatic heterocycles. The number of imidazole rings is 1. The van der Waals surface area contributed by atoms with Crippen molar-refractivity contribution in [2.45, 2.75) is 38.4 Å². The second kappa shape index (κ2) is 4.67. The van der Waals surface area contributed by atoms with Gasteiger partial charge in [-0.3, -0.25) is 0 Å². The van der Waals surface area contributed by atoms with Gasteiger partial charge in [-0.1, -0.05) is 11.6 Å². The maximum absolute atomic E-state index is 12.2. The zero-order valence-electron chi connectivity index (χ0n) is 11.7. The minimum absolute atomic E-state index is 0.361. The third-order valence-corrected chi connectivity index (χ3v) is 5.14. The number of aromatic nitrogens is 2. The van der Waals surface area contributed by atoms with Crippen LogP contribution in [0, 0.1) is 0 Å². The van der Waals surface area contributed by atoms with Gasteiger partial charge < -0.3 is 4.40 Å². The second-order valence-electron chi connectivity index (χ2n) is 5.89. The largest absolute Gasteiger partial charge is 0.305 e. The monoisotopic (exact) mass is 309 g/mol. The number of rotatable bonds is 1. The molecule has 0 amide bonds. The van der Waals surface area contributed by atoms with Crippen molar-refractivity contribution in [3.05, 3.63) is 34.9 Å². The third-order valence-electron chi connectivity index (χ3n) is 3.35. The normalized spacial score (nSPS) is 18.7. The highest BCUT2D eigenvalue weighted by atomic mass is 35.5. The molecule has 2 aromatic rings. The lowest BCUT2D eigenvalue weighted by Crippen LogP contribution is -2.22. The topological polar surface area (TPSA) is 46.7 Å². The lowest BCUT2D eigenvalue weighted by molar-refractivity contribution is 0.650. The molecule has 3 rings (SSSR count). The van der Waals surface area contributed by atoms with Crippen LogP contribution in [-0.2, 0) is 17.4 Å². The molecule has 106 valence electrons. The molecular weight excluding hydrogens is 294 g/mol. The van der Waals surface area contributed by atoms with Gasteiger partial charge in [0.1, 0.15) is 23.0 Å². The van der Waals surface area contributed by atoms with Crippen LogP contribution in [0.25, 0.3) is 5.52 Å². The first-order valence-electron chi connectivity index (χ1n) is 6.52. The first-order chi connectivity index (χ1) is 9.38. The Morgan fingerprint density at radius 1 is 1.40 bits per heavy atom. The molecule has 0 saturated carbocycles. The van der Waals surface area contributed by atoms with Crippen molar-refractivity contribution in [3.8, 4) is 0 Å². The van der Waals surface area contributed by atoms with Crippen molar-refractivity contribution >= 4 is 33.8 Å². The van der Waals surface area contributed by atoms with E-state index in [-0.39, 0.29) is 4.75 Å². The van der Waals surface area contributed by atoms with Gasteiger partial charge in [0, 0.05) is 11.2 Å². The fourth-order valence-electron chi connectivity index (χ4n) is 2.27. The van der Waals surface area contributed by atoms with Crippen molar-refractivity contribution in [1.29, 1.82) is 0 Å². The summed E-state index contributed by atoms with van der Waals surface area (Å²) >= 11 is 6.25. The minimum Gasteiger partial charge on any atom is -0.305 e. The Balaban J connectivity index is 2.16. The van der Waals surface area contributed by atoms with E-state index < -0.39 is 11.0 Å². The average molecular weight is 310 g/mol. The molecule has 0 spiro atoms. The molecule has 0 N–H and O–H groups in total. The van der Waals surface area contributed by atoms with Gasteiger partial charge in [0.25, 0.3) is 0 Å². The predicted octanol–water partition coefficient (Wildman–Crippen LogP) is 3.19. The fraction of sp³-hybridized carbons (Fsp3) is 0.429. The molecule has 0 radical (unpaired) electrons. The van der Waals surface area contributed by atoms with Gasteiger partial charge >= 0.3 is 0 Å². The van der Waals surface area contributed by atoms with Crippen LogP contribution in [0.2, 0.25) is 5.02 Å². The molecule has 1 aliphatic carbocycles. The van der Waals surface area contributed by atoms with Crippen LogP contribution in [0.3, 0.4) is 0 Å². The molecule has 20 heavy (non-hydrogen) atoms. The molecule has 4 nitrogen and oxygen atoms in total. The van der Waals surface area contributed by atoms with Crippen LogP contribution in [-0.4, -0.2) is 24.1 Å². The quantitative estimate of drug-likeness (QED) is 0.812. The molecule has 2 heterocycles. The highest BCUT2D eigenvalue weighted by molar-refractivity contribution is 7.85. The lowest BCUT2D eigenvalue weighted by atomic mass is 9.97. The summed E-state index contributed by atoms with van der Waals surface area (Å²) < 4.78 is 18.2. The van der Waals surface area contributed by atoms with Gasteiger partial charge in [-0.25, -0.2) is 9.19 Å². The van der Waals surface area contributed by atoms with Gasteiger partial charge in [0.05, 0.1) is 16.0 Å². The van der Waals surface area contributed by atoms with Crippen molar-refractivity contribution in [2.24, 2.45) is 4.40 Å². The molecule has 0 aromatic carbocycles. The molecule has 0 aliphatic heterocycles. The molecule has 1 unspecified atom stereocenters. The molecule has 1 atom stereocenters. The van der Waals surface area contributed by atoms with Crippen LogP contribution in [0.4, 0.5) is 0 Å². The Kier molecular flexibility index (Phi) is 3.21. The second-order valence-corrected chi connectivity index (χ2v) is 8.20. The molecular formula is C14H16ClN3OS. The molecule has 0 fully saturated rings. The molecule has 1 aliphatic rings. The summed E-state index contributed by atoms with van der Waals surface area (Å²) in [6.07, 6.45) is 5.18. The fourth-order valence-corrected chi connectivity index (χ4v) is 3.16. The van der Waals surface area contributed by atoms with E-state index in [0.29, 0.717) is 0 Å². The van der Waals surface area contributed by atoms with Crippen LogP contribution >= 0.6 is 11.6 Å². The van der Waals surface area contributed by atoms with E-state index in [1.807, 2.05) is 37.4 Å². The highest BCUT2D eigenvalue weighted by Gasteiger charge is 2.25. The Bertz CT molecular complexity index is 743. The standard InChI is InChI=1S/C14H16ClN3OS/c1-14(2,3)20(19)17-11-5-4-9-10(15)6-7-18-8-16-12(11)13(9)18/h6-8H,4-5H2,1-3H3. The van der Waals surface area contributed by atoms with E-state index in [4.69, 9.17) is 11.6 Å². The smallest absolute Gasteiger partial charge is 0.145 e.